The summed E-state index contributed by atoms with van der Waals surface area (Å²) in [5.74, 6) is -3.33. The van der Waals surface area contributed by atoms with Crippen LogP contribution >= 0.6 is 0 Å². The lowest BCUT2D eigenvalue weighted by atomic mass is 10.7. The lowest BCUT2D eigenvalue weighted by Gasteiger charge is -1.82. The molecule has 24 heavy (non-hydrogen) atoms. The third kappa shape index (κ3) is 4220. The molecule has 0 aromatic heterocycles. The molecule has 1 unspecified atom stereocenters. The van der Waals surface area contributed by atoms with Crippen LogP contribution in [-0.2, 0) is 19.2 Å². The molecule has 12 nitrogen and oxygen atoms in total. The third-order valence-corrected chi connectivity index (χ3v) is 0.167. The molecule has 0 amide bonds. The topological polar surface area (TPSA) is 247 Å². The van der Waals surface area contributed by atoms with Crippen LogP contribution in [0.2, 0.25) is 0 Å². The van der Waals surface area contributed by atoms with E-state index in [0.717, 1.165) is 27.7 Å². The predicted octanol–water partition coefficient (Wildman–Crippen LogP) is -1.45. The van der Waals surface area contributed by atoms with Gasteiger partial charge < -0.3 is 42.7 Å². The average molecular weight is 361 g/mol. The molecule has 0 aliphatic heterocycles. The number of aliphatic carboxylic acids is 4. The zero-order valence-electron chi connectivity index (χ0n) is 14.6. The van der Waals surface area contributed by atoms with Crippen molar-refractivity contribution in [2.24, 2.45) is 17.2 Å². The number of hydrogen-bond donors (Lipinski definition) is 8. The molecule has 0 aromatic carbocycles. The summed E-state index contributed by atoms with van der Waals surface area (Å²) in [4.78, 5) is 36.0. The summed E-state index contributed by atoms with van der Waals surface area (Å²) < 4.78 is 0. The van der Waals surface area contributed by atoms with Crippen LogP contribution in [-0.4, -0.2) is 68.7 Å². The van der Waals surface area contributed by atoms with Crippen molar-refractivity contribution in [2.45, 2.75) is 40.8 Å². The van der Waals surface area contributed by atoms with Crippen LogP contribution in [0.15, 0.2) is 0 Å². The highest BCUT2D eigenvalue weighted by Crippen LogP contribution is 1.50. The van der Waals surface area contributed by atoms with Crippen LogP contribution < -0.4 is 17.2 Å². The second-order valence-corrected chi connectivity index (χ2v) is 3.39. The molecular formula is C12H31N3O9. The highest BCUT2D eigenvalue weighted by molar-refractivity contribution is 5.63. The van der Waals surface area contributed by atoms with Gasteiger partial charge in [-0.25, -0.2) is 0 Å². The molecule has 0 fully saturated rings. The summed E-state index contributed by atoms with van der Waals surface area (Å²) in [6.07, 6.45) is -0.667. The van der Waals surface area contributed by atoms with E-state index >= 15 is 0 Å². The lowest BCUT2D eigenvalue weighted by Crippen LogP contribution is -2.11. The fourth-order valence-corrected chi connectivity index (χ4v) is 0. The first-order valence-corrected chi connectivity index (χ1v) is 6.20. The van der Waals surface area contributed by atoms with Crippen molar-refractivity contribution in [1.82, 2.24) is 0 Å². The maximum atomic E-state index is 9.00. The number of carbonyl (C=O) groups is 4. The molecule has 0 spiro atoms. The van der Waals surface area contributed by atoms with Gasteiger partial charge in [-0.15, -0.1) is 0 Å². The number of rotatable bonds is 1. The molecule has 0 saturated heterocycles. The van der Waals surface area contributed by atoms with Crippen LogP contribution in [0.4, 0.5) is 0 Å². The quantitative estimate of drug-likeness (QED) is 0.250. The van der Waals surface area contributed by atoms with E-state index in [0.29, 0.717) is 13.1 Å². The smallest absolute Gasteiger partial charge is 0.300 e. The Hall–Kier alpha value is -2.28. The van der Waals surface area contributed by atoms with E-state index in [4.69, 9.17) is 56.2 Å². The van der Waals surface area contributed by atoms with Crippen molar-refractivity contribution >= 4 is 23.9 Å². The van der Waals surface area contributed by atoms with Gasteiger partial charge in [0.05, 0.1) is 6.23 Å². The Bertz CT molecular complexity index is 229. The van der Waals surface area contributed by atoms with Crippen LogP contribution in [0.5, 0.6) is 0 Å². The minimum absolute atomic E-state index is 0.597. The SMILES string of the molecule is CC(=O)O.CC(=O)O.CC(=O)O.CC(=O)O.CC(N)O.NCCN. The van der Waals surface area contributed by atoms with E-state index in [-0.39, 0.29) is 0 Å². The van der Waals surface area contributed by atoms with E-state index in [1.54, 1.807) is 0 Å². The van der Waals surface area contributed by atoms with Crippen molar-refractivity contribution < 1.29 is 44.7 Å². The zero-order chi connectivity index (χ0) is 21.3. The molecule has 0 aliphatic rings. The Labute approximate surface area is 140 Å². The van der Waals surface area contributed by atoms with Crippen molar-refractivity contribution in [3.05, 3.63) is 0 Å². The van der Waals surface area contributed by atoms with Crippen molar-refractivity contribution in [3.63, 3.8) is 0 Å². The number of carboxylic acids is 4. The summed E-state index contributed by atoms with van der Waals surface area (Å²) in [6, 6.07) is 0. The zero-order valence-corrected chi connectivity index (χ0v) is 14.6. The van der Waals surface area contributed by atoms with Gasteiger partial charge in [-0.3, -0.25) is 19.2 Å². The molecule has 12 heteroatoms. The van der Waals surface area contributed by atoms with Crippen LogP contribution in [0, 0.1) is 0 Å². The second kappa shape index (κ2) is 37.2. The standard InChI is InChI=1S/C2H8N2.C2H7NO.4C2H4O2/c3-1-2-4;5*1-2(3)4/h1-4H2;2,4H,3H2,1H3;4*1H3,(H,3,4). The largest absolute Gasteiger partial charge is 0.481 e. The molecular weight excluding hydrogens is 330 g/mol. The monoisotopic (exact) mass is 361 g/mol. The van der Waals surface area contributed by atoms with Crippen LogP contribution in [0.1, 0.15) is 34.6 Å². The van der Waals surface area contributed by atoms with Gasteiger partial charge in [0.25, 0.3) is 23.9 Å². The first-order valence-electron chi connectivity index (χ1n) is 6.20. The number of nitrogens with two attached hydrogens (primary N) is 3. The summed E-state index contributed by atoms with van der Waals surface area (Å²) in [7, 11) is 0. The molecule has 0 aromatic rings. The molecule has 1 atom stereocenters. The van der Waals surface area contributed by atoms with Crippen molar-refractivity contribution in [1.29, 1.82) is 0 Å². The maximum absolute atomic E-state index is 9.00. The molecule has 11 N–H and O–H groups in total. The molecule has 0 aliphatic carbocycles. The molecule has 148 valence electrons. The molecule has 0 radical (unpaired) electrons. The Balaban J connectivity index is -0.0000000405. The Kier molecular flexibility index (Phi) is 58.5. The molecule has 0 saturated carbocycles. The Morgan fingerprint density at radius 2 is 0.750 bits per heavy atom. The van der Waals surface area contributed by atoms with Gasteiger partial charge in [0.15, 0.2) is 0 Å². The number of aliphatic hydroxyl groups is 1. The van der Waals surface area contributed by atoms with Crippen LogP contribution in [0.3, 0.4) is 0 Å². The third-order valence-electron chi connectivity index (χ3n) is 0.167. The number of aliphatic hydroxyl groups excluding tert-OH is 1. The van der Waals surface area contributed by atoms with Gasteiger partial charge in [0, 0.05) is 40.8 Å². The van der Waals surface area contributed by atoms with E-state index in [9.17, 15) is 0 Å². The summed E-state index contributed by atoms with van der Waals surface area (Å²) in [5, 5.41) is 37.5. The van der Waals surface area contributed by atoms with E-state index in [2.05, 4.69) is 5.73 Å². The Morgan fingerprint density at radius 3 is 0.750 bits per heavy atom. The van der Waals surface area contributed by atoms with Gasteiger partial charge in [0.2, 0.25) is 0 Å². The van der Waals surface area contributed by atoms with Crippen LogP contribution in [0.25, 0.3) is 0 Å². The maximum Gasteiger partial charge on any atom is 0.300 e. The summed E-state index contributed by atoms with van der Waals surface area (Å²) >= 11 is 0. The highest BCUT2D eigenvalue weighted by Gasteiger charge is 1.68. The fourth-order valence-electron chi connectivity index (χ4n) is 0. The Morgan fingerprint density at radius 1 is 0.708 bits per heavy atom. The van der Waals surface area contributed by atoms with Gasteiger partial charge in [-0.1, -0.05) is 0 Å². The summed E-state index contributed by atoms with van der Waals surface area (Å²) in [5.41, 5.74) is 14.5. The normalized spacial score (nSPS) is 8.04. The lowest BCUT2D eigenvalue weighted by molar-refractivity contribution is -0.135. The van der Waals surface area contributed by atoms with Gasteiger partial charge in [0.1, 0.15) is 0 Å². The predicted molar refractivity (Wildman–Crippen MR) is 87.2 cm³/mol. The number of carboxylic acid groups (broad SMARTS) is 4. The number of hydrogen-bond acceptors (Lipinski definition) is 8. The van der Waals surface area contributed by atoms with Gasteiger partial charge in [-0.05, 0) is 6.92 Å². The fraction of sp³-hybridized carbons (Fsp3) is 0.667. The van der Waals surface area contributed by atoms with Gasteiger partial charge in [-0.2, -0.15) is 0 Å². The van der Waals surface area contributed by atoms with E-state index < -0.39 is 30.1 Å². The average Bonchev–Trinajstić information content (AvgIpc) is 2.24. The molecule has 0 heterocycles. The van der Waals surface area contributed by atoms with Gasteiger partial charge >= 0.3 is 0 Å². The highest BCUT2D eigenvalue weighted by atomic mass is 16.4. The minimum Gasteiger partial charge on any atom is -0.481 e. The van der Waals surface area contributed by atoms with E-state index in [1.807, 2.05) is 0 Å². The first-order chi connectivity index (χ1) is 10.6. The minimum atomic E-state index is -0.833. The van der Waals surface area contributed by atoms with Crippen molar-refractivity contribution in [2.75, 3.05) is 13.1 Å². The molecule has 0 rings (SSSR count). The molecule has 0 bridgehead atoms. The van der Waals surface area contributed by atoms with E-state index in [1.165, 1.54) is 6.92 Å². The van der Waals surface area contributed by atoms with Crippen molar-refractivity contribution in [3.8, 4) is 0 Å². The summed E-state index contributed by atoms with van der Waals surface area (Å²) in [6.45, 7) is 7.03. The first kappa shape index (κ1) is 37.7. The second-order valence-electron chi connectivity index (χ2n) is 3.39.